The van der Waals surface area contributed by atoms with Crippen LogP contribution in [-0.2, 0) is 11.3 Å². The number of carbonyl (C=O) groups excluding carboxylic acids is 1. The molecule has 1 fully saturated rings. The van der Waals surface area contributed by atoms with Crippen LogP contribution in [0.15, 0.2) is 30.3 Å². The molecule has 1 saturated heterocycles. The van der Waals surface area contributed by atoms with Crippen molar-refractivity contribution in [1.29, 1.82) is 0 Å². The van der Waals surface area contributed by atoms with E-state index in [1.54, 1.807) is 0 Å². The van der Waals surface area contributed by atoms with Crippen molar-refractivity contribution in [2.45, 2.75) is 19.0 Å². The lowest BCUT2D eigenvalue weighted by molar-refractivity contribution is -0.129. The molecule has 4 nitrogen and oxygen atoms in total. The molecule has 4 heteroatoms. The van der Waals surface area contributed by atoms with Crippen LogP contribution in [0.5, 0.6) is 0 Å². The van der Waals surface area contributed by atoms with Gasteiger partial charge in [0, 0.05) is 19.6 Å². The first-order valence-electron chi connectivity index (χ1n) is 6.07. The molecule has 1 aliphatic heterocycles. The first-order chi connectivity index (χ1) is 8.31. The molecule has 0 saturated carbocycles. The van der Waals surface area contributed by atoms with Crippen LogP contribution >= 0.6 is 0 Å². The molecule has 1 unspecified atom stereocenters. The number of piperazine rings is 1. The maximum atomic E-state index is 11.8. The van der Waals surface area contributed by atoms with Gasteiger partial charge in [-0.3, -0.25) is 9.69 Å². The van der Waals surface area contributed by atoms with Gasteiger partial charge in [0.05, 0.1) is 6.04 Å². The summed E-state index contributed by atoms with van der Waals surface area (Å²) in [5, 5.41) is 2.90. The van der Waals surface area contributed by atoms with Crippen molar-refractivity contribution in [3.05, 3.63) is 35.9 Å². The highest BCUT2D eigenvalue weighted by molar-refractivity contribution is 5.82. The maximum Gasteiger partial charge on any atom is 0.237 e. The third-order valence-corrected chi connectivity index (χ3v) is 3.11. The minimum absolute atomic E-state index is 0.0750. The fourth-order valence-electron chi connectivity index (χ4n) is 2.24. The van der Waals surface area contributed by atoms with Crippen molar-refractivity contribution in [1.82, 2.24) is 10.2 Å². The zero-order valence-corrected chi connectivity index (χ0v) is 9.93. The molecule has 1 amide bonds. The minimum Gasteiger partial charge on any atom is -0.353 e. The summed E-state index contributed by atoms with van der Waals surface area (Å²) in [4.78, 5) is 14.0. The van der Waals surface area contributed by atoms with Crippen LogP contribution in [0.2, 0.25) is 0 Å². The van der Waals surface area contributed by atoms with Crippen LogP contribution in [-0.4, -0.2) is 36.5 Å². The lowest BCUT2D eigenvalue weighted by atomic mass is 10.1. The van der Waals surface area contributed by atoms with Gasteiger partial charge in [0.25, 0.3) is 0 Å². The number of hydrogen-bond acceptors (Lipinski definition) is 3. The number of nitrogens with zero attached hydrogens (tertiary/aromatic N) is 1. The predicted octanol–water partition coefficient (Wildman–Crippen LogP) is 0.336. The maximum absolute atomic E-state index is 11.8. The Bertz CT molecular complexity index is 366. The number of amides is 1. The lowest BCUT2D eigenvalue weighted by Gasteiger charge is -2.34. The van der Waals surface area contributed by atoms with E-state index >= 15 is 0 Å². The van der Waals surface area contributed by atoms with E-state index in [9.17, 15) is 4.79 Å². The summed E-state index contributed by atoms with van der Waals surface area (Å²) in [5.74, 6) is 0.109. The van der Waals surface area contributed by atoms with Crippen LogP contribution in [0.4, 0.5) is 0 Å². The second kappa shape index (κ2) is 5.80. The van der Waals surface area contributed by atoms with Gasteiger partial charge in [0.15, 0.2) is 0 Å². The molecule has 0 aliphatic carbocycles. The van der Waals surface area contributed by atoms with E-state index in [4.69, 9.17) is 5.73 Å². The average Bonchev–Trinajstić information content (AvgIpc) is 2.35. The van der Waals surface area contributed by atoms with Crippen LogP contribution in [0.3, 0.4) is 0 Å². The molecule has 92 valence electrons. The number of benzene rings is 1. The SMILES string of the molecule is NCCC1C(=O)NCCN1Cc1ccccc1. The Labute approximate surface area is 102 Å². The number of rotatable bonds is 4. The zero-order chi connectivity index (χ0) is 12.1. The summed E-state index contributed by atoms with van der Waals surface area (Å²) in [6, 6.07) is 10.2. The standard InChI is InChI=1S/C13H19N3O/c14-7-6-12-13(17)15-8-9-16(12)10-11-4-2-1-3-5-11/h1-5,12H,6-10,14H2,(H,15,17). The molecule has 1 aromatic carbocycles. The van der Waals surface area contributed by atoms with Crippen LogP contribution < -0.4 is 11.1 Å². The molecular formula is C13H19N3O. The molecule has 1 aliphatic rings. The van der Waals surface area contributed by atoms with Crippen molar-refractivity contribution in [2.24, 2.45) is 5.73 Å². The van der Waals surface area contributed by atoms with E-state index < -0.39 is 0 Å². The molecule has 3 N–H and O–H groups in total. The molecule has 0 aromatic heterocycles. The van der Waals surface area contributed by atoms with E-state index in [0.29, 0.717) is 6.54 Å². The summed E-state index contributed by atoms with van der Waals surface area (Å²) in [6.07, 6.45) is 0.721. The van der Waals surface area contributed by atoms with E-state index in [2.05, 4.69) is 22.3 Å². The molecule has 17 heavy (non-hydrogen) atoms. The van der Waals surface area contributed by atoms with Crippen molar-refractivity contribution in [3.63, 3.8) is 0 Å². The number of hydrogen-bond donors (Lipinski definition) is 2. The van der Waals surface area contributed by atoms with Crippen molar-refractivity contribution >= 4 is 5.91 Å². The highest BCUT2D eigenvalue weighted by Gasteiger charge is 2.28. The number of nitrogens with two attached hydrogens (primary N) is 1. The zero-order valence-electron chi connectivity index (χ0n) is 9.93. The highest BCUT2D eigenvalue weighted by atomic mass is 16.2. The van der Waals surface area contributed by atoms with Crippen molar-refractivity contribution in [3.8, 4) is 0 Å². The molecule has 0 spiro atoms. The normalized spacial score (nSPS) is 21.2. The molecule has 2 rings (SSSR count). The van der Waals surface area contributed by atoms with Crippen LogP contribution in [0.25, 0.3) is 0 Å². The predicted molar refractivity (Wildman–Crippen MR) is 67.3 cm³/mol. The first-order valence-corrected chi connectivity index (χ1v) is 6.07. The van der Waals surface area contributed by atoms with Gasteiger partial charge in [-0.2, -0.15) is 0 Å². The van der Waals surface area contributed by atoms with Gasteiger partial charge >= 0.3 is 0 Å². The van der Waals surface area contributed by atoms with E-state index in [0.717, 1.165) is 26.1 Å². The van der Waals surface area contributed by atoms with Gasteiger partial charge < -0.3 is 11.1 Å². The Morgan fingerprint density at radius 1 is 1.35 bits per heavy atom. The molecule has 1 aromatic rings. The van der Waals surface area contributed by atoms with Gasteiger partial charge in [-0.1, -0.05) is 30.3 Å². The minimum atomic E-state index is -0.0750. The van der Waals surface area contributed by atoms with Crippen LogP contribution in [0, 0.1) is 0 Å². The number of carbonyl (C=O) groups is 1. The summed E-state index contributed by atoms with van der Waals surface area (Å²) < 4.78 is 0. The van der Waals surface area contributed by atoms with Crippen molar-refractivity contribution < 1.29 is 4.79 Å². The third kappa shape index (κ3) is 3.05. The monoisotopic (exact) mass is 233 g/mol. The fourth-order valence-corrected chi connectivity index (χ4v) is 2.24. The topological polar surface area (TPSA) is 58.4 Å². The summed E-state index contributed by atoms with van der Waals surface area (Å²) in [7, 11) is 0. The smallest absolute Gasteiger partial charge is 0.237 e. The molecule has 0 radical (unpaired) electrons. The second-order valence-electron chi connectivity index (χ2n) is 4.34. The van der Waals surface area contributed by atoms with E-state index in [1.807, 2.05) is 18.2 Å². The molecule has 1 atom stereocenters. The quantitative estimate of drug-likeness (QED) is 0.788. The average molecular weight is 233 g/mol. The molecule has 0 bridgehead atoms. The van der Waals surface area contributed by atoms with Gasteiger partial charge in [0.2, 0.25) is 5.91 Å². The van der Waals surface area contributed by atoms with Gasteiger partial charge in [-0.15, -0.1) is 0 Å². The Hall–Kier alpha value is -1.39. The summed E-state index contributed by atoms with van der Waals surface area (Å²) in [5.41, 5.74) is 6.81. The van der Waals surface area contributed by atoms with E-state index in [-0.39, 0.29) is 11.9 Å². The Balaban J connectivity index is 2.04. The van der Waals surface area contributed by atoms with Crippen molar-refractivity contribution in [2.75, 3.05) is 19.6 Å². The summed E-state index contributed by atoms with van der Waals surface area (Å²) >= 11 is 0. The van der Waals surface area contributed by atoms with Gasteiger partial charge in [0.1, 0.15) is 0 Å². The molecular weight excluding hydrogens is 214 g/mol. The largest absolute Gasteiger partial charge is 0.353 e. The molecule has 1 heterocycles. The fraction of sp³-hybridized carbons (Fsp3) is 0.462. The van der Waals surface area contributed by atoms with Gasteiger partial charge in [-0.25, -0.2) is 0 Å². The summed E-state index contributed by atoms with van der Waals surface area (Å²) in [6.45, 7) is 2.99. The Morgan fingerprint density at radius 2 is 2.12 bits per heavy atom. The van der Waals surface area contributed by atoms with Gasteiger partial charge in [-0.05, 0) is 18.5 Å². The Kier molecular flexibility index (Phi) is 4.12. The second-order valence-corrected chi connectivity index (χ2v) is 4.34. The third-order valence-electron chi connectivity index (χ3n) is 3.11. The number of nitrogens with one attached hydrogen (secondary N) is 1. The lowest BCUT2D eigenvalue weighted by Crippen LogP contribution is -2.55. The first kappa shape index (κ1) is 12.1. The highest BCUT2D eigenvalue weighted by Crippen LogP contribution is 2.12. The Morgan fingerprint density at radius 3 is 2.82 bits per heavy atom. The van der Waals surface area contributed by atoms with Crippen LogP contribution in [0.1, 0.15) is 12.0 Å². The van der Waals surface area contributed by atoms with E-state index in [1.165, 1.54) is 5.56 Å².